The van der Waals surface area contributed by atoms with Crippen molar-refractivity contribution in [3.8, 4) is 5.75 Å². The van der Waals surface area contributed by atoms with Crippen molar-refractivity contribution in [3.05, 3.63) is 47.1 Å². The molecule has 0 saturated carbocycles. The predicted molar refractivity (Wildman–Crippen MR) is 91.5 cm³/mol. The number of aromatic hydroxyl groups is 1. The van der Waals surface area contributed by atoms with Gasteiger partial charge in [0.1, 0.15) is 17.0 Å². The molecular weight excluding hydrogens is 336 g/mol. The standard InChI is InChI=1S/C19H18N2O5/c1-18-9-11(10-5-2-3-6-12(10)22)19(26-18,8-4-7-13(20)23)15-14(18)16(24)21-17(15)25/h2-3,5-6,9,22H,4,7-8H2,1H3,(H2,20,23)(H,21,24,25). The van der Waals surface area contributed by atoms with E-state index in [1.54, 1.807) is 37.3 Å². The first-order valence-corrected chi connectivity index (χ1v) is 8.39. The number of fused-ring (bicyclic) bond motifs is 4. The maximum absolute atomic E-state index is 12.5. The van der Waals surface area contributed by atoms with Crippen LogP contribution in [0, 0.1) is 0 Å². The molecule has 3 amide bonds. The highest BCUT2D eigenvalue weighted by Gasteiger charge is 2.65. The van der Waals surface area contributed by atoms with Crippen LogP contribution in [0.15, 0.2) is 41.5 Å². The molecular formula is C19H18N2O5. The minimum absolute atomic E-state index is 0.0552. The molecule has 7 heteroatoms. The molecule has 2 atom stereocenters. The van der Waals surface area contributed by atoms with Crippen LogP contribution in [0.5, 0.6) is 5.75 Å². The molecule has 4 rings (SSSR count). The van der Waals surface area contributed by atoms with Gasteiger partial charge in [-0.3, -0.25) is 19.7 Å². The van der Waals surface area contributed by atoms with Crippen LogP contribution in [0.1, 0.15) is 31.7 Å². The van der Waals surface area contributed by atoms with E-state index in [0.29, 0.717) is 29.6 Å². The van der Waals surface area contributed by atoms with Gasteiger partial charge < -0.3 is 15.6 Å². The van der Waals surface area contributed by atoms with E-state index >= 15 is 0 Å². The van der Waals surface area contributed by atoms with Crippen LogP contribution < -0.4 is 11.1 Å². The molecule has 2 unspecified atom stereocenters. The Morgan fingerprint density at radius 1 is 1.23 bits per heavy atom. The van der Waals surface area contributed by atoms with E-state index in [1.165, 1.54) is 0 Å². The number of para-hydroxylation sites is 1. The lowest BCUT2D eigenvalue weighted by Gasteiger charge is -2.31. The Labute approximate surface area is 149 Å². The number of phenols is 1. The number of amides is 3. The normalized spacial score (nSPS) is 29.0. The third-order valence-corrected chi connectivity index (χ3v) is 5.22. The van der Waals surface area contributed by atoms with E-state index < -0.39 is 28.9 Å². The van der Waals surface area contributed by atoms with E-state index in [1.807, 2.05) is 0 Å². The Balaban J connectivity index is 1.86. The molecule has 26 heavy (non-hydrogen) atoms. The molecule has 2 bridgehead atoms. The molecule has 0 aromatic heterocycles. The number of imide groups is 1. The molecule has 3 aliphatic heterocycles. The van der Waals surface area contributed by atoms with Crippen LogP contribution >= 0.6 is 0 Å². The van der Waals surface area contributed by atoms with Crippen molar-refractivity contribution in [2.45, 2.75) is 37.4 Å². The van der Waals surface area contributed by atoms with Gasteiger partial charge in [-0.15, -0.1) is 0 Å². The largest absolute Gasteiger partial charge is 0.507 e. The fourth-order valence-corrected chi connectivity index (χ4v) is 4.28. The van der Waals surface area contributed by atoms with Gasteiger partial charge in [0, 0.05) is 12.0 Å². The van der Waals surface area contributed by atoms with E-state index in [4.69, 9.17) is 10.5 Å². The summed E-state index contributed by atoms with van der Waals surface area (Å²) in [7, 11) is 0. The number of nitrogens with two attached hydrogens (primary N) is 1. The number of phenolic OH excluding ortho intramolecular Hbond substituents is 1. The topological polar surface area (TPSA) is 119 Å². The van der Waals surface area contributed by atoms with Crippen molar-refractivity contribution < 1.29 is 24.2 Å². The zero-order valence-corrected chi connectivity index (χ0v) is 14.2. The zero-order valence-electron chi connectivity index (χ0n) is 14.2. The van der Waals surface area contributed by atoms with Crippen LogP contribution in [0.25, 0.3) is 5.57 Å². The van der Waals surface area contributed by atoms with Crippen LogP contribution in [-0.2, 0) is 19.1 Å². The lowest BCUT2D eigenvalue weighted by atomic mass is 9.73. The van der Waals surface area contributed by atoms with Gasteiger partial charge in [0.05, 0.1) is 11.1 Å². The monoisotopic (exact) mass is 354 g/mol. The van der Waals surface area contributed by atoms with Gasteiger partial charge in [0.25, 0.3) is 11.8 Å². The summed E-state index contributed by atoms with van der Waals surface area (Å²) in [5.41, 5.74) is 4.75. The third-order valence-electron chi connectivity index (χ3n) is 5.22. The quantitative estimate of drug-likeness (QED) is 0.680. The highest BCUT2D eigenvalue weighted by atomic mass is 16.5. The number of rotatable bonds is 5. The van der Waals surface area contributed by atoms with Gasteiger partial charge in [-0.1, -0.05) is 18.2 Å². The molecule has 0 radical (unpaired) electrons. The summed E-state index contributed by atoms with van der Waals surface area (Å²) in [5, 5.41) is 12.7. The lowest BCUT2D eigenvalue weighted by molar-refractivity contribution is -0.127. The van der Waals surface area contributed by atoms with Gasteiger partial charge >= 0.3 is 0 Å². The highest BCUT2D eigenvalue weighted by Crippen LogP contribution is 2.60. The van der Waals surface area contributed by atoms with Crippen LogP contribution in [-0.4, -0.2) is 34.0 Å². The number of ether oxygens (including phenoxy) is 1. The first kappa shape index (κ1) is 16.5. The second-order valence-corrected chi connectivity index (χ2v) is 6.96. The van der Waals surface area contributed by atoms with E-state index in [0.717, 1.165) is 0 Å². The molecule has 1 aromatic rings. The van der Waals surface area contributed by atoms with Crippen molar-refractivity contribution in [3.63, 3.8) is 0 Å². The Kier molecular flexibility index (Phi) is 3.36. The molecule has 3 heterocycles. The molecule has 0 saturated heterocycles. The van der Waals surface area contributed by atoms with Crippen LogP contribution in [0.2, 0.25) is 0 Å². The van der Waals surface area contributed by atoms with E-state index in [2.05, 4.69) is 5.32 Å². The fourth-order valence-electron chi connectivity index (χ4n) is 4.28. The molecule has 0 fully saturated rings. The highest BCUT2D eigenvalue weighted by molar-refractivity contribution is 6.24. The Morgan fingerprint density at radius 3 is 2.62 bits per heavy atom. The van der Waals surface area contributed by atoms with Gasteiger partial charge in [-0.2, -0.15) is 0 Å². The lowest BCUT2D eigenvalue weighted by Crippen LogP contribution is -2.40. The number of hydrogen-bond acceptors (Lipinski definition) is 5. The summed E-state index contributed by atoms with van der Waals surface area (Å²) in [4.78, 5) is 36.0. The summed E-state index contributed by atoms with van der Waals surface area (Å²) in [6.07, 6.45) is 2.59. The van der Waals surface area contributed by atoms with Crippen molar-refractivity contribution in [2.24, 2.45) is 5.73 Å². The van der Waals surface area contributed by atoms with Gasteiger partial charge in [0.2, 0.25) is 5.91 Å². The minimum atomic E-state index is -1.19. The predicted octanol–water partition coefficient (Wildman–Crippen LogP) is 0.925. The maximum atomic E-state index is 12.5. The van der Waals surface area contributed by atoms with Crippen molar-refractivity contribution in [2.75, 3.05) is 0 Å². The number of primary amides is 1. The molecule has 0 aliphatic carbocycles. The Hall–Kier alpha value is -2.93. The average Bonchev–Trinajstić information content (AvgIpc) is 3.12. The fraction of sp³-hybridized carbons (Fsp3) is 0.316. The first-order chi connectivity index (χ1) is 12.3. The number of carbonyl (C=O) groups is 3. The van der Waals surface area contributed by atoms with Gasteiger partial charge in [-0.05, 0) is 37.5 Å². The van der Waals surface area contributed by atoms with Crippen LogP contribution in [0.4, 0.5) is 0 Å². The first-order valence-electron chi connectivity index (χ1n) is 8.39. The number of carbonyl (C=O) groups excluding carboxylic acids is 3. The third kappa shape index (κ3) is 2.07. The Bertz CT molecular complexity index is 932. The van der Waals surface area contributed by atoms with E-state index in [9.17, 15) is 19.5 Å². The smallest absolute Gasteiger partial charge is 0.257 e. The second kappa shape index (κ2) is 5.28. The second-order valence-electron chi connectivity index (χ2n) is 6.96. The summed E-state index contributed by atoms with van der Waals surface area (Å²) in [6, 6.07) is 6.76. The summed E-state index contributed by atoms with van der Waals surface area (Å²) >= 11 is 0. The molecule has 4 N–H and O–H groups in total. The number of hydrogen-bond donors (Lipinski definition) is 3. The molecule has 3 aliphatic rings. The summed E-state index contributed by atoms with van der Waals surface area (Å²) in [6.45, 7) is 1.73. The van der Waals surface area contributed by atoms with Crippen molar-refractivity contribution in [1.82, 2.24) is 5.32 Å². The van der Waals surface area contributed by atoms with Gasteiger partial charge in [-0.25, -0.2) is 0 Å². The minimum Gasteiger partial charge on any atom is -0.507 e. The van der Waals surface area contributed by atoms with Crippen LogP contribution in [0.3, 0.4) is 0 Å². The Morgan fingerprint density at radius 2 is 1.92 bits per heavy atom. The SMILES string of the molecule is CC12C=C(c3ccccc3O)C(CCCC(N)=O)(O1)C1=C2C(=O)NC1=O. The molecule has 134 valence electrons. The molecule has 7 nitrogen and oxygen atoms in total. The molecule has 1 aromatic carbocycles. The van der Waals surface area contributed by atoms with Gasteiger partial charge in [0.15, 0.2) is 0 Å². The average molecular weight is 354 g/mol. The van der Waals surface area contributed by atoms with E-state index in [-0.39, 0.29) is 17.7 Å². The summed E-state index contributed by atoms with van der Waals surface area (Å²) in [5.74, 6) is -1.35. The number of nitrogens with one attached hydrogen (secondary N) is 1. The molecule has 0 spiro atoms. The summed E-state index contributed by atoms with van der Waals surface area (Å²) < 4.78 is 6.25. The van der Waals surface area contributed by atoms with Crippen molar-refractivity contribution in [1.29, 1.82) is 0 Å². The maximum Gasteiger partial charge on any atom is 0.257 e. The van der Waals surface area contributed by atoms with Crippen molar-refractivity contribution >= 4 is 23.3 Å². The zero-order chi connectivity index (χ0) is 18.7. The number of benzene rings is 1.